The van der Waals surface area contributed by atoms with Gasteiger partial charge in [-0.05, 0) is 111 Å². The number of carbonyl (C=O) groups excluding carboxylic acids is 3. The van der Waals surface area contributed by atoms with Crippen molar-refractivity contribution in [1.82, 2.24) is 4.90 Å². The molecule has 1 saturated heterocycles. The van der Waals surface area contributed by atoms with Gasteiger partial charge in [-0.3, -0.25) is 14.5 Å². The molecule has 37 heavy (non-hydrogen) atoms. The summed E-state index contributed by atoms with van der Waals surface area (Å²) in [6.45, 7) is 2.55. The number of methoxy groups -OCH3 is 1. The second-order valence-corrected chi connectivity index (χ2v) is 10.8. The third kappa shape index (κ3) is 6.57. The Balaban J connectivity index is 1.52. The number of halogens is 2. The van der Waals surface area contributed by atoms with Gasteiger partial charge >= 0.3 is 5.97 Å². The molecular formula is C26H21BrINO7S. The smallest absolute Gasteiger partial charge is 0.373 e. The lowest BCUT2D eigenvalue weighted by molar-refractivity contribution is -0.123. The van der Waals surface area contributed by atoms with Gasteiger partial charge < -0.3 is 18.6 Å². The molecule has 1 fully saturated rings. The second kappa shape index (κ2) is 12.2. The zero-order valence-electron chi connectivity index (χ0n) is 19.8. The molecular weight excluding hydrogens is 677 g/mol. The average molecular weight is 698 g/mol. The fraction of sp³-hybridized carbons (Fsp3) is 0.192. The van der Waals surface area contributed by atoms with Gasteiger partial charge in [0.25, 0.3) is 11.1 Å². The largest absolute Gasteiger partial charge is 0.490 e. The number of carbonyl (C=O) groups is 3. The maximum atomic E-state index is 13.0. The quantitative estimate of drug-likeness (QED) is 0.139. The molecule has 8 nitrogen and oxygen atoms in total. The van der Waals surface area contributed by atoms with Crippen molar-refractivity contribution in [3.63, 3.8) is 0 Å². The van der Waals surface area contributed by atoms with Gasteiger partial charge in [-0.1, -0.05) is 12.1 Å². The summed E-state index contributed by atoms with van der Waals surface area (Å²) in [6, 6.07) is 14.6. The SMILES string of the molecule is CCOc1cc(/C=C2/SC(=O)N(Cc3ccc(C(=O)OC)o3)C2=O)cc(Br)c1OCc1ccc(I)cc1. The Hall–Kier alpha value is -2.77. The van der Waals surface area contributed by atoms with Crippen LogP contribution in [-0.2, 0) is 22.7 Å². The molecule has 0 aliphatic carbocycles. The first-order valence-electron chi connectivity index (χ1n) is 11.0. The van der Waals surface area contributed by atoms with E-state index in [4.69, 9.17) is 13.9 Å². The molecule has 1 aliphatic rings. The Morgan fingerprint density at radius 1 is 1.14 bits per heavy atom. The molecule has 0 spiro atoms. The Labute approximate surface area is 239 Å². The highest BCUT2D eigenvalue weighted by Gasteiger charge is 2.36. The van der Waals surface area contributed by atoms with Crippen LogP contribution in [0.3, 0.4) is 0 Å². The maximum absolute atomic E-state index is 13.0. The van der Waals surface area contributed by atoms with Crippen molar-refractivity contribution in [2.45, 2.75) is 20.1 Å². The van der Waals surface area contributed by atoms with Crippen LogP contribution in [0.25, 0.3) is 6.08 Å². The van der Waals surface area contributed by atoms with E-state index in [9.17, 15) is 14.4 Å². The van der Waals surface area contributed by atoms with Crippen LogP contribution < -0.4 is 9.47 Å². The number of thioether (sulfide) groups is 1. The van der Waals surface area contributed by atoms with E-state index in [1.807, 2.05) is 31.2 Å². The summed E-state index contributed by atoms with van der Waals surface area (Å²) >= 11 is 6.63. The summed E-state index contributed by atoms with van der Waals surface area (Å²) in [4.78, 5) is 38.5. The molecule has 3 aromatic rings. The van der Waals surface area contributed by atoms with Crippen LogP contribution >= 0.6 is 50.3 Å². The Kier molecular flexibility index (Phi) is 8.98. The number of amides is 2. The first kappa shape index (κ1) is 27.3. The van der Waals surface area contributed by atoms with Crippen molar-refractivity contribution in [1.29, 1.82) is 0 Å². The minimum Gasteiger partial charge on any atom is -0.490 e. The van der Waals surface area contributed by atoms with Gasteiger partial charge in [0, 0.05) is 3.57 Å². The predicted octanol–water partition coefficient (Wildman–Crippen LogP) is 6.65. The van der Waals surface area contributed by atoms with E-state index in [2.05, 4.69) is 43.3 Å². The molecule has 0 radical (unpaired) electrons. The van der Waals surface area contributed by atoms with Gasteiger partial charge in [-0.2, -0.15) is 0 Å². The van der Waals surface area contributed by atoms with Crippen molar-refractivity contribution < 1.29 is 33.0 Å². The Morgan fingerprint density at radius 3 is 2.59 bits per heavy atom. The number of hydrogen-bond donors (Lipinski definition) is 0. The van der Waals surface area contributed by atoms with E-state index in [0.29, 0.717) is 40.5 Å². The third-order valence-electron chi connectivity index (χ3n) is 5.16. The summed E-state index contributed by atoms with van der Waals surface area (Å²) in [6.07, 6.45) is 1.63. The van der Waals surface area contributed by atoms with Gasteiger partial charge in [0.2, 0.25) is 5.76 Å². The van der Waals surface area contributed by atoms with E-state index >= 15 is 0 Å². The zero-order chi connectivity index (χ0) is 26.5. The van der Waals surface area contributed by atoms with E-state index in [1.165, 1.54) is 19.2 Å². The summed E-state index contributed by atoms with van der Waals surface area (Å²) < 4.78 is 23.7. The molecule has 0 unspecified atom stereocenters. The highest BCUT2D eigenvalue weighted by Crippen LogP contribution is 2.40. The normalized spacial score (nSPS) is 14.4. The van der Waals surface area contributed by atoms with Crippen molar-refractivity contribution >= 4 is 73.5 Å². The zero-order valence-corrected chi connectivity index (χ0v) is 24.3. The first-order chi connectivity index (χ1) is 17.8. The summed E-state index contributed by atoms with van der Waals surface area (Å²) in [5.74, 6) is 0.252. The highest BCUT2D eigenvalue weighted by atomic mass is 127. The molecule has 11 heteroatoms. The number of furan rings is 1. The number of rotatable bonds is 9. The summed E-state index contributed by atoms with van der Waals surface area (Å²) in [5, 5.41) is -0.436. The van der Waals surface area contributed by atoms with E-state index < -0.39 is 17.1 Å². The van der Waals surface area contributed by atoms with Crippen LogP contribution in [0.2, 0.25) is 0 Å². The van der Waals surface area contributed by atoms with Crippen molar-refractivity contribution in [3.05, 3.63) is 84.1 Å². The minimum absolute atomic E-state index is 0.00218. The molecule has 1 aliphatic heterocycles. The molecule has 4 rings (SSSR count). The number of benzene rings is 2. The van der Waals surface area contributed by atoms with Gasteiger partial charge in [0.05, 0.1) is 29.6 Å². The molecule has 2 heterocycles. The summed E-state index contributed by atoms with van der Waals surface area (Å²) in [5.41, 5.74) is 1.68. The number of nitrogens with zero attached hydrogens (tertiary/aromatic N) is 1. The van der Waals surface area contributed by atoms with Gasteiger partial charge in [0.1, 0.15) is 12.4 Å². The lowest BCUT2D eigenvalue weighted by Gasteiger charge is -2.15. The predicted molar refractivity (Wildman–Crippen MR) is 150 cm³/mol. The molecule has 1 aromatic heterocycles. The number of hydrogen-bond acceptors (Lipinski definition) is 8. The lowest BCUT2D eigenvalue weighted by Crippen LogP contribution is -2.27. The maximum Gasteiger partial charge on any atom is 0.373 e. The minimum atomic E-state index is -0.637. The van der Waals surface area contributed by atoms with Crippen LogP contribution in [-0.4, -0.2) is 35.7 Å². The fourth-order valence-electron chi connectivity index (χ4n) is 3.43. The molecule has 2 amide bonds. The summed E-state index contributed by atoms with van der Waals surface area (Å²) in [7, 11) is 1.24. The lowest BCUT2D eigenvalue weighted by atomic mass is 10.1. The van der Waals surface area contributed by atoms with E-state index in [1.54, 1.807) is 18.2 Å². The number of imide groups is 1. The Bertz CT molecular complexity index is 1370. The van der Waals surface area contributed by atoms with Crippen LogP contribution in [0.4, 0.5) is 4.79 Å². The van der Waals surface area contributed by atoms with Gasteiger partial charge in [-0.25, -0.2) is 4.79 Å². The molecule has 192 valence electrons. The standard InChI is InChI=1S/C26H21BrINO7S/c1-3-34-21-11-16(10-19(27)23(21)35-14-15-4-6-17(28)7-5-15)12-22-24(30)29(26(32)37-22)13-18-8-9-20(36-18)25(31)33-2/h4-12H,3,13-14H2,1-2H3/b22-12+. The van der Waals surface area contributed by atoms with Crippen LogP contribution in [0.1, 0.15) is 34.4 Å². The van der Waals surface area contributed by atoms with Crippen LogP contribution in [0, 0.1) is 3.57 Å². The first-order valence-corrected chi connectivity index (χ1v) is 13.7. The highest BCUT2D eigenvalue weighted by molar-refractivity contribution is 14.1. The van der Waals surface area contributed by atoms with Crippen molar-refractivity contribution in [2.75, 3.05) is 13.7 Å². The fourth-order valence-corrected chi connectivity index (χ4v) is 5.20. The van der Waals surface area contributed by atoms with Crippen molar-refractivity contribution in [2.24, 2.45) is 0 Å². The van der Waals surface area contributed by atoms with Gasteiger partial charge in [-0.15, -0.1) is 0 Å². The van der Waals surface area contributed by atoms with Gasteiger partial charge in [0.15, 0.2) is 11.5 Å². The molecule has 0 atom stereocenters. The van der Waals surface area contributed by atoms with Crippen molar-refractivity contribution in [3.8, 4) is 11.5 Å². The van der Waals surface area contributed by atoms with Crippen LogP contribution in [0.5, 0.6) is 11.5 Å². The van der Waals surface area contributed by atoms with E-state index in [-0.39, 0.29) is 17.2 Å². The molecule has 0 bridgehead atoms. The Morgan fingerprint density at radius 2 is 1.89 bits per heavy atom. The number of esters is 1. The van der Waals surface area contributed by atoms with Crippen LogP contribution in [0.15, 0.2) is 62.3 Å². The van der Waals surface area contributed by atoms with E-state index in [0.717, 1.165) is 25.8 Å². The average Bonchev–Trinajstić information content (AvgIpc) is 3.45. The molecule has 0 N–H and O–H groups in total. The molecule has 0 saturated carbocycles. The molecule has 2 aromatic carbocycles. The third-order valence-corrected chi connectivity index (χ3v) is 7.38. The monoisotopic (exact) mass is 697 g/mol. The topological polar surface area (TPSA) is 95.3 Å². The second-order valence-electron chi connectivity index (χ2n) is 7.70. The number of ether oxygens (including phenoxy) is 3.